The third-order valence-corrected chi connectivity index (χ3v) is 2.59. The van der Waals surface area contributed by atoms with E-state index in [-0.39, 0.29) is 18.6 Å². The van der Waals surface area contributed by atoms with Gasteiger partial charge in [-0.15, -0.1) is 0 Å². The van der Waals surface area contributed by atoms with E-state index >= 15 is 0 Å². The topological polar surface area (TPSA) is 58.6 Å². The summed E-state index contributed by atoms with van der Waals surface area (Å²) in [6.45, 7) is 1.65. The Hall–Kier alpha value is -0.610. The molecule has 1 saturated heterocycles. The van der Waals surface area contributed by atoms with E-state index in [9.17, 15) is 4.79 Å². The van der Waals surface area contributed by atoms with Gasteiger partial charge in [-0.25, -0.2) is 0 Å². The number of carbonyl (C=O) groups excluding carboxylic acids is 1. The van der Waals surface area contributed by atoms with Crippen molar-refractivity contribution in [3.05, 3.63) is 0 Å². The van der Waals surface area contributed by atoms with Gasteiger partial charge in [0.1, 0.15) is 0 Å². The maximum absolute atomic E-state index is 11.4. The second-order valence-electron chi connectivity index (χ2n) is 3.97. The lowest BCUT2D eigenvalue weighted by Gasteiger charge is -2.21. The zero-order chi connectivity index (χ0) is 10.9. The highest BCUT2D eigenvalue weighted by Gasteiger charge is 2.16. The van der Waals surface area contributed by atoms with E-state index < -0.39 is 0 Å². The lowest BCUT2D eigenvalue weighted by molar-refractivity contribution is -0.124. The van der Waals surface area contributed by atoms with Gasteiger partial charge < -0.3 is 15.2 Å². The molecule has 1 fully saturated rings. The summed E-state index contributed by atoms with van der Waals surface area (Å²) in [4.78, 5) is 11.4. The predicted molar refractivity (Wildman–Crippen MR) is 57.5 cm³/mol. The molecule has 1 unspecified atom stereocenters. The van der Waals surface area contributed by atoms with Crippen LogP contribution in [0.15, 0.2) is 0 Å². The van der Waals surface area contributed by atoms with Crippen LogP contribution in [0.1, 0.15) is 38.5 Å². The molecule has 0 spiro atoms. The summed E-state index contributed by atoms with van der Waals surface area (Å²) in [6.07, 6.45) is 5.49. The SMILES string of the molecule is O=C(CC1CCCCO1)NCCCCO. The molecule has 0 aromatic carbocycles. The van der Waals surface area contributed by atoms with Crippen molar-refractivity contribution < 1.29 is 14.6 Å². The highest BCUT2D eigenvalue weighted by atomic mass is 16.5. The number of nitrogens with one attached hydrogen (secondary N) is 1. The van der Waals surface area contributed by atoms with Gasteiger partial charge in [0.25, 0.3) is 0 Å². The van der Waals surface area contributed by atoms with Crippen molar-refractivity contribution in [3.8, 4) is 0 Å². The lowest BCUT2D eigenvalue weighted by atomic mass is 10.1. The van der Waals surface area contributed by atoms with Crippen LogP contribution in [0, 0.1) is 0 Å². The van der Waals surface area contributed by atoms with Crippen LogP contribution in [0.5, 0.6) is 0 Å². The standard InChI is InChI=1S/C11H21NO3/c13-7-3-2-6-12-11(14)9-10-5-1-4-8-15-10/h10,13H,1-9H2,(H,12,14). The van der Waals surface area contributed by atoms with Gasteiger partial charge >= 0.3 is 0 Å². The fraction of sp³-hybridized carbons (Fsp3) is 0.909. The number of rotatable bonds is 6. The van der Waals surface area contributed by atoms with Crippen molar-refractivity contribution >= 4 is 5.91 Å². The Kier molecular flexibility index (Phi) is 6.36. The van der Waals surface area contributed by atoms with Crippen molar-refractivity contribution in [1.82, 2.24) is 5.32 Å². The van der Waals surface area contributed by atoms with Crippen molar-refractivity contribution in [2.24, 2.45) is 0 Å². The van der Waals surface area contributed by atoms with Gasteiger partial charge in [-0.3, -0.25) is 4.79 Å². The molecule has 0 bridgehead atoms. The number of amides is 1. The third-order valence-electron chi connectivity index (χ3n) is 2.59. The second-order valence-corrected chi connectivity index (χ2v) is 3.97. The predicted octanol–water partition coefficient (Wildman–Crippen LogP) is 0.834. The molecular weight excluding hydrogens is 194 g/mol. The molecule has 1 rings (SSSR count). The largest absolute Gasteiger partial charge is 0.396 e. The van der Waals surface area contributed by atoms with Crippen LogP contribution in [0.2, 0.25) is 0 Å². The summed E-state index contributed by atoms with van der Waals surface area (Å²) in [5, 5.41) is 11.4. The fourth-order valence-corrected chi connectivity index (χ4v) is 1.71. The van der Waals surface area contributed by atoms with Gasteiger partial charge in [-0.05, 0) is 32.1 Å². The van der Waals surface area contributed by atoms with Crippen LogP contribution in [-0.4, -0.2) is 36.9 Å². The first-order chi connectivity index (χ1) is 7.33. The molecule has 1 amide bonds. The number of aliphatic hydroxyl groups excluding tert-OH is 1. The van der Waals surface area contributed by atoms with Crippen molar-refractivity contribution in [2.75, 3.05) is 19.8 Å². The molecule has 1 atom stereocenters. The molecule has 0 aliphatic carbocycles. The summed E-state index contributed by atoms with van der Waals surface area (Å²) < 4.78 is 5.48. The monoisotopic (exact) mass is 215 g/mol. The Labute approximate surface area is 91.0 Å². The third kappa shape index (κ3) is 5.74. The molecule has 4 heteroatoms. The number of carbonyl (C=O) groups is 1. The van der Waals surface area contributed by atoms with Crippen LogP contribution in [0.4, 0.5) is 0 Å². The van der Waals surface area contributed by atoms with E-state index in [4.69, 9.17) is 9.84 Å². The molecule has 0 radical (unpaired) electrons. The Morgan fingerprint density at radius 2 is 2.27 bits per heavy atom. The van der Waals surface area contributed by atoms with Gasteiger partial charge in [0.05, 0.1) is 12.5 Å². The Balaban J connectivity index is 2.01. The molecule has 1 aliphatic heterocycles. The maximum Gasteiger partial charge on any atom is 0.222 e. The minimum atomic E-state index is 0.0693. The number of hydrogen-bond acceptors (Lipinski definition) is 3. The molecule has 1 heterocycles. The number of aliphatic hydroxyl groups is 1. The molecule has 15 heavy (non-hydrogen) atoms. The maximum atomic E-state index is 11.4. The molecule has 0 aromatic rings. The average Bonchev–Trinajstić information content (AvgIpc) is 2.26. The lowest BCUT2D eigenvalue weighted by Crippen LogP contribution is -2.31. The van der Waals surface area contributed by atoms with Crippen molar-refractivity contribution in [3.63, 3.8) is 0 Å². The van der Waals surface area contributed by atoms with E-state index in [1.54, 1.807) is 0 Å². The normalized spacial score (nSPS) is 21.3. The van der Waals surface area contributed by atoms with Crippen molar-refractivity contribution in [1.29, 1.82) is 0 Å². The summed E-state index contributed by atoms with van der Waals surface area (Å²) in [6, 6.07) is 0. The highest BCUT2D eigenvalue weighted by molar-refractivity contribution is 5.76. The Morgan fingerprint density at radius 1 is 1.40 bits per heavy atom. The Morgan fingerprint density at radius 3 is 2.93 bits per heavy atom. The molecule has 0 saturated carbocycles. The number of hydrogen-bond donors (Lipinski definition) is 2. The zero-order valence-electron chi connectivity index (χ0n) is 9.21. The van der Waals surface area contributed by atoms with Gasteiger partial charge in [-0.2, -0.15) is 0 Å². The van der Waals surface area contributed by atoms with E-state index in [1.807, 2.05) is 0 Å². The highest BCUT2D eigenvalue weighted by Crippen LogP contribution is 2.15. The number of unbranched alkanes of at least 4 members (excludes halogenated alkanes) is 1. The molecule has 2 N–H and O–H groups in total. The summed E-state index contributed by atoms with van der Waals surface area (Å²) in [7, 11) is 0. The number of ether oxygens (including phenoxy) is 1. The minimum Gasteiger partial charge on any atom is -0.396 e. The quantitative estimate of drug-likeness (QED) is 0.645. The van der Waals surface area contributed by atoms with E-state index in [0.29, 0.717) is 13.0 Å². The first-order valence-corrected chi connectivity index (χ1v) is 5.82. The molecule has 4 nitrogen and oxygen atoms in total. The van der Waals surface area contributed by atoms with E-state index in [0.717, 1.165) is 32.3 Å². The van der Waals surface area contributed by atoms with Gasteiger partial charge in [0, 0.05) is 19.8 Å². The first kappa shape index (κ1) is 12.5. The smallest absolute Gasteiger partial charge is 0.222 e. The zero-order valence-corrected chi connectivity index (χ0v) is 9.21. The molecule has 0 aromatic heterocycles. The minimum absolute atomic E-state index is 0.0693. The van der Waals surface area contributed by atoms with Gasteiger partial charge in [-0.1, -0.05) is 0 Å². The van der Waals surface area contributed by atoms with Crippen LogP contribution in [0.25, 0.3) is 0 Å². The average molecular weight is 215 g/mol. The van der Waals surface area contributed by atoms with Gasteiger partial charge in [0.2, 0.25) is 5.91 Å². The van der Waals surface area contributed by atoms with Crippen LogP contribution >= 0.6 is 0 Å². The van der Waals surface area contributed by atoms with Crippen LogP contribution in [-0.2, 0) is 9.53 Å². The summed E-state index contributed by atoms with van der Waals surface area (Å²) >= 11 is 0. The summed E-state index contributed by atoms with van der Waals surface area (Å²) in [5.74, 6) is 0.0693. The van der Waals surface area contributed by atoms with Gasteiger partial charge in [0.15, 0.2) is 0 Å². The van der Waals surface area contributed by atoms with Crippen LogP contribution in [0.3, 0.4) is 0 Å². The second kappa shape index (κ2) is 7.65. The Bertz CT molecular complexity index is 179. The van der Waals surface area contributed by atoms with Crippen molar-refractivity contribution in [2.45, 2.75) is 44.6 Å². The molecule has 88 valence electrons. The summed E-state index contributed by atoms with van der Waals surface area (Å²) in [5.41, 5.74) is 0. The van der Waals surface area contributed by atoms with Crippen LogP contribution < -0.4 is 5.32 Å². The fourth-order valence-electron chi connectivity index (χ4n) is 1.71. The van der Waals surface area contributed by atoms with E-state index in [1.165, 1.54) is 6.42 Å². The molecule has 1 aliphatic rings. The van der Waals surface area contributed by atoms with E-state index in [2.05, 4.69) is 5.32 Å². The molecular formula is C11H21NO3. The first-order valence-electron chi connectivity index (χ1n) is 5.82.